The molecule has 1 aliphatic heterocycles. The molecule has 0 saturated carbocycles. The first-order valence-corrected chi connectivity index (χ1v) is 12.4. The van der Waals surface area contributed by atoms with Gasteiger partial charge in [-0.15, -0.1) is 0 Å². The van der Waals surface area contributed by atoms with E-state index >= 15 is 0 Å². The van der Waals surface area contributed by atoms with Crippen LogP contribution >= 0.6 is 0 Å². The fourth-order valence-corrected chi connectivity index (χ4v) is 5.36. The van der Waals surface area contributed by atoms with E-state index in [0.29, 0.717) is 12.3 Å². The van der Waals surface area contributed by atoms with Crippen LogP contribution in [0, 0.1) is 0 Å². The summed E-state index contributed by atoms with van der Waals surface area (Å²) in [6.45, 7) is 4.10. The minimum atomic E-state index is -0.00239. The second-order valence-electron chi connectivity index (χ2n) is 9.21. The summed E-state index contributed by atoms with van der Waals surface area (Å²) in [4.78, 5) is 21.0. The van der Waals surface area contributed by atoms with Crippen molar-refractivity contribution in [1.82, 2.24) is 15.2 Å². The van der Waals surface area contributed by atoms with E-state index in [-0.39, 0.29) is 5.91 Å². The molecule has 0 atom stereocenters. The summed E-state index contributed by atoms with van der Waals surface area (Å²) in [5.74, 6) is 1.39. The van der Waals surface area contributed by atoms with Crippen molar-refractivity contribution in [3.05, 3.63) is 53.1 Å². The maximum Gasteiger partial charge on any atom is 0.252 e. The van der Waals surface area contributed by atoms with Crippen molar-refractivity contribution >= 4 is 16.8 Å². The van der Waals surface area contributed by atoms with Crippen molar-refractivity contribution in [2.24, 2.45) is 0 Å². The number of amides is 1. The fourth-order valence-electron chi connectivity index (χ4n) is 5.36. The van der Waals surface area contributed by atoms with Gasteiger partial charge >= 0.3 is 0 Å². The van der Waals surface area contributed by atoms with Gasteiger partial charge in [0.2, 0.25) is 0 Å². The molecule has 1 amide bonds. The van der Waals surface area contributed by atoms with Gasteiger partial charge in [0.05, 0.1) is 31.0 Å². The highest BCUT2D eigenvalue weighted by Gasteiger charge is 2.27. The Morgan fingerprint density at radius 2 is 1.79 bits per heavy atom. The number of aromatic nitrogens is 1. The summed E-state index contributed by atoms with van der Waals surface area (Å²) >= 11 is 0. The number of carbonyl (C=O) groups excluding carboxylic acids is 1. The Balaban J connectivity index is 1.46. The zero-order valence-corrected chi connectivity index (χ0v) is 20.2. The molecule has 1 N–H and O–H groups in total. The third-order valence-electron chi connectivity index (χ3n) is 7.11. The molecule has 6 nitrogen and oxygen atoms in total. The van der Waals surface area contributed by atoms with Crippen molar-refractivity contribution in [1.29, 1.82) is 0 Å². The van der Waals surface area contributed by atoms with Crippen LogP contribution in [0.5, 0.6) is 11.5 Å². The monoisotopic (exact) mass is 459 g/mol. The molecule has 1 fully saturated rings. The van der Waals surface area contributed by atoms with Gasteiger partial charge in [0.15, 0.2) is 11.5 Å². The van der Waals surface area contributed by atoms with Gasteiger partial charge in [-0.2, -0.15) is 0 Å². The van der Waals surface area contributed by atoms with E-state index in [2.05, 4.69) is 10.2 Å². The van der Waals surface area contributed by atoms with Crippen LogP contribution in [0.25, 0.3) is 22.2 Å². The van der Waals surface area contributed by atoms with Gasteiger partial charge in [0.1, 0.15) is 0 Å². The first-order valence-electron chi connectivity index (χ1n) is 12.4. The highest BCUT2D eigenvalue weighted by Crippen LogP contribution is 2.42. The van der Waals surface area contributed by atoms with Crippen molar-refractivity contribution in [3.8, 4) is 22.8 Å². The van der Waals surface area contributed by atoms with Crippen LogP contribution < -0.4 is 14.8 Å². The van der Waals surface area contributed by atoms with Gasteiger partial charge in [0.25, 0.3) is 5.91 Å². The normalized spacial score (nSPS) is 15.5. The zero-order valence-electron chi connectivity index (χ0n) is 20.2. The molecule has 2 aliphatic rings. The Hall–Kier alpha value is -3.12. The largest absolute Gasteiger partial charge is 0.493 e. The Bertz CT molecular complexity index is 1200. The number of aryl methyl sites for hydroxylation is 1. The van der Waals surface area contributed by atoms with Crippen LogP contribution in [-0.2, 0) is 12.8 Å². The van der Waals surface area contributed by atoms with E-state index in [9.17, 15) is 4.79 Å². The summed E-state index contributed by atoms with van der Waals surface area (Å²) in [6, 6.07) is 12.0. The number of fused-ring (bicyclic) bond motifs is 4. The lowest BCUT2D eigenvalue weighted by atomic mass is 9.84. The predicted molar refractivity (Wildman–Crippen MR) is 135 cm³/mol. The van der Waals surface area contributed by atoms with Gasteiger partial charge in [0, 0.05) is 17.5 Å². The van der Waals surface area contributed by atoms with E-state index in [1.165, 1.54) is 37.9 Å². The molecular formula is C28H33N3O3. The number of para-hydroxylation sites is 1. The van der Waals surface area contributed by atoms with Crippen LogP contribution in [-0.4, -0.2) is 56.2 Å². The molecule has 6 heteroatoms. The third kappa shape index (κ3) is 4.34. The van der Waals surface area contributed by atoms with Crippen LogP contribution in [0.15, 0.2) is 36.4 Å². The number of piperidine rings is 1. The second kappa shape index (κ2) is 10.0. The van der Waals surface area contributed by atoms with E-state index in [1.807, 2.05) is 36.4 Å². The standard InChI is InChI=1S/C28H33N3O3/c1-33-24-17-19-11-12-21-26(28(32)29-13-8-16-31-14-6-3-7-15-31)20-9-4-5-10-23(20)30-27(21)22(19)18-25(24)34-2/h4-5,9-10,17-18H,3,6-8,11-16H2,1-2H3,(H,29,32). The summed E-state index contributed by atoms with van der Waals surface area (Å²) in [5, 5.41) is 4.12. The topological polar surface area (TPSA) is 63.7 Å². The molecule has 0 bridgehead atoms. The maximum absolute atomic E-state index is 13.5. The fraction of sp³-hybridized carbons (Fsp3) is 0.429. The Morgan fingerprint density at radius 3 is 2.59 bits per heavy atom. The molecule has 5 rings (SSSR count). The van der Waals surface area contributed by atoms with Crippen molar-refractivity contribution < 1.29 is 14.3 Å². The number of nitrogens with zero attached hydrogens (tertiary/aromatic N) is 2. The number of ether oxygens (including phenoxy) is 2. The lowest BCUT2D eigenvalue weighted by molar-refractivity contribution is 0.0951. The first-order chi connectivity index (χ1) is 16.7. The number of benzene rings is 2. The molecular weight excluding hydrogens is 426 g/mol. The lowest BCUT2D eigenvalue weighted by Gasteiger charge is -2.26. The van der Waals surface area contributed by atoms with Gasteiger partial charge in [-0.1, -0.05) is 24.6 Å². The van der Waals surface area contributed by atoms with Crippen molar-refractivity contribution in [2.45, 2.75) is 38.5 Å². The van der Waals surface area contributed by atoms with Gasteiger partial charge in [-0.3, -0.25) is 4.79 Å². The lowest BCUT2D eigenvalue weighted by Crippen LogP contribution is -2.33. The first kappa shape index (κ1) is 22.7. The number of hydrogen-bond acceptors (Lipinski definition) is 5. The molecule has 2 heterocycles. The number of nitrogens with one attached hydrogen (secondary N) is 1. The average molecular weight is 460 g/mol. The number of pyridine rings is 1. The number of carbonyl (C=O) groups is 1. The predicted octanol–water partition coefficient (Wildman–Crippen LogP) is 4.62. The highest BCUT2D eigenvalue weighted by molar-refractivity contribution is 6.09. The van der Waals surface area contributed by atoms with Gasteiger partial charge in [-0.25, -0.2) is 4.98 Å². The summed E-state index contributed by atoms with van der Waals surface area (Å²) < 4.78 is 11.1. The Labute approximate surface area is 201 Å². The molecule has 0 spiro atoms. The van der Waals surface area contributed by atoms with E-state index in [1.54, 1.807) is 14.2 Å². The second-order valence-corrected chi connectivity index (χ2v) is 9.21. The molecule has 34 heavy (non-hydrogen) atoms. The third-order valence-corrected chi connectivity index (χ3v) is 7.11. The molecule has 1 aromatic heterocycles. The molecule has 1 saturated heterocycles. The van der Waals surface area contributed by atoms with E-state index in [0.717, 1.165) is 64.8 Å². The van der Waals surface area contributed by atoms with E-state index < -0.39 is 0 Å². The van der Waals surface area contributed by atoms with Crippen molar-refractivity contribution in [2.75, 3.05) is 40.4 Å². The molecule has 178 valence electrons. The molecule has 3 aromatic rings. The molecule has 0 unspecified atom stereocenters. The number of hydrogen-bond donors (Lipinski definition) is 1. The molecule has 1 aliphatic carbocycles. The van der Waals surface area contributed by atoms with Gasteiger partial charge in [-0.05, 0) is 81.1 Å². The van der Waals surface area contributed by atoms with Crippen LogP contribution in [0.1, 0.15) is 47.2 Å². The zero-order chi connectivity index (χ0) is 23.5. The highest BCUT2D eigenvalue weighted by atomic mass is 16.5. The minimum absolute atomic E-state index is 0.00239. The number of methoxy groups -OCH3 is 2. The maximum atomic E-state index is 13.5. The van der Waals surface area contributed by atoms with Crippen LogP contribution in [0.2, 0.25) is 0 Å². The number of likely N-dealkylation sites (tertiary alicyclic amines) is 1. The summed E-state index contributed by atoms with van der Waals surface area (Å²) in [6.07, 6.45) is 6.50. The SMILES string of the molecule is COc1cc2c(cc1OC)-c1nc3ccccc3c(C(=O)NCCCN3CCCCC3)c1CC2. The number of rotatable bonds is 7. The van der Waals surface area contributed by atoms with Crippen LogP contribution in [0.3, 0.4) is 0 Å². The van der Waals surface area contributed by atoms with Crippen LogP contribution in [0.4, 0.5) is 0 Å². The Kier molecular flexibility index (Phi) is 6.68. The summed E-state index contributed by atoms with van der Waals surface area (Å²) in [7, 11) is 3.30. The van der Waals surface area contributed by atoms with Crippen molar-refractivity contribution in [3.63, 3.8) is 0 Å². The van der Waals surface area contributed by atoms with E-state index in [4.69, 9.17) is 14.5 Å². The summed E-state index contributed by atoms with van der Waals surface area (Å²) in [5.41, 5.74) is 5.68. The Morgan fingerprint density at radius 1 is 1.03 bits per heavy atom. The quantitative estimate of drug-likeness (QED) is 0.522. The molecule has 2 aromatic carbocycles. The van der Waals surface area contributed by atoms with Gasteiger partial charge < -0.3 is 19.7 Å². The minimum Gasteiger partial charge on any atom is -0.493 e. The average Bonchev–Trinajstić information content (AvgIpc) is 2.89. The smallest absolute Gasteiger partial charge is 0.252 e. The molecule has 0 radical (unpaired) electrons.